The van der Waals surface area contributed by atoms with Gasteiger partial charge in [-0.1, -0.05) is 170 Å². The van der Waals surface area contributed by atoms with Crippen LogP contribution in [0.2, 0.25) is 0 Å². The normalized spacial score (nSPS) is 11.2. The van der Waals surface area contributed by atoms with Crippen LogP contribution in [0.4, 0.5) is 34.1 Å². The highest BCUT2D eigenvalue weighted by atomic mass is 15.1. The topological polar surface area (TPSA) is 6.48 Å². The van der Waals surface area contributed by atoms with E-state index in [1.165, 1.54) is 33.4 Å². The first-order chi connectivity index (χ1) is 30.2. The highest BCUT2D eigenvalue weighted by molar-refractivity contribution is 5.84. The van der Waals surface area contributed by atoms with E-state index in [1.54, 1.807) is 0 Å². The summed E-state index contributed by atoms with van der Waals surface area (Å²) >= 11 is 0. The lowest BCUT2D eigenvalue weighted by atomic mass is 10.0. The van der Waals surface area contributed by atoms with E-state index >= 15 is 0 Å². The van der Waals surface area contributed by atoms with Crippen molar-refractivity contribution in [3.63, 3.8) is 0 Å². The molecule has 0 bridgehead atoms. The van der Waals surface area contributed by atoms with Crippen LogP contribution in [0.15, 0.2) is 219 Å². The second-order valence-corrected chi connectivity index (χ2v) is 16.0. The number of nitrogens with zero attached hydrogens (tertiary/aromatic N) is 2. The largest absolute Gasteiger partial charge is 0.311 e. The van der Waals surface area contributed by atoms with E-state index < -0.39 is 0 Å². The number of benzene rings is 8. The van der Waals surface area contributed by atoms with Gasteiger partial charge in [-0.3, -0.25) is 0 Å². The van der Waals surface area contributed by atoms with Crippen molar-refractivity contribution in [2.24, 2.45) is 0 Å². The smallest absolute Gasteiger partial charge is 0.0462 e. The summed E-state index contributed by atoms with van der Waals surface area (Å²) in [5, 5.41) is 0. The summed E-state index contributed by atoms with van der Waals surface area (Å²) < 4.78 is 0. The Balaban J connectivity index is 1.01. The molecule has 0 N–H and O–H groups in total. The molecule has 8 rings (SSSR count). The maximum Gasteiger partial charge on any atom is 0.0462 e. The Labute approximate surface area is 368 Å². The molecule has 2 nitrogen and oxygen atoms in total. The summed E-state index contributed by atoms with van der Waals surface area (Å²) in [6.45, 7) is 17.3. The number of hydrogen-bond acceptors (Lipinski definition) is 2. The Hall–Kier alpha value is -7.68. The van der Waals surface area contributed by atoms with Crippen molar-refractivity contribution in [2.75, 3.05) is 9.80 Å². The van der Waals surface area contributed by atoms with Crippen LogP contribution in [0.5, 0.6) is 0 Å². The summed E-state index contributed by atoms with van der Waals surface area (Å²) in [5.74, 6) is 0. The Morgan fingerprint density at radius 3 is 0.984 bits per heavy atom. The Kier molecular flexibility index (Phi) is 12.4. The predicted octanol–water partition coefficient (Wildman–Crippen LogP) is 17.0. The minimum atomic E-state index is 0.974. The van der Waals surface area contributed by atoms with Crippen LogP contribution >= 0.6 is 0 Å². The quantitative estimate of drug-likeness (QED) is 0.107. The van der Waals surface area contributed by atoms with Crippen LogP contribution in [-0.4, -0.2) is 0 Å². The Morgan fingerprint density at radius 2 is 0.661 bits per heavy atom. The molecule has 0 radical (unpaired) electrons. The first-order valence-electron chi connectivity index (χ1n) is 21.2. The standard InChI is InChI=1S/C60H52N2/c1-43-17-21-51(47(5)41-43)23-19-45(3)49-25-33-57(34-26-49)61(55-13-9-7-10-14-55)59-37-29-53(30-38-59)54-31-39-60(40-32-54)62(56-15-11-8-12-16-56)58-35-27-50(28-36-58)46(4)20-24-52-22-18-44(2)42-48(52)6/h7-42H,3-4H2,1-2,5-6H3. The molecule has 0 aliphatic heterocycles. The van der Waals surface area contributed by atoms with Gasteiger partial charge in [-0.25, -0.2) is 0 Å². The van der Waals surface area contributed by atoms with E-state index in [0.717, 1.165) is 67.5 Å². The monoisotopic (exact) mass is 800 g/mol. The third-order valence-electron chi connectivity index (χ3n) is 11.4. The molecule has 0 aliphatic rings. The second-order valence-electron chi connectivity index (χ2n) is 16.0. The van der Waals surface area contributed by atoms with Gasteiger partial charge in [0.1, 0.15) is 0 Å². The van der Waals surface area contributed by atoms with Gasteiger partial charge in [-0.2, -0.15) is 0 Å². The molecule has 2 heteroatoms. The van der Waals surface area contributed by atoms with Crippen LogP contribution in [0.1, 0.15) is 44.5 Å². The van der Waals surface area contributed by atoms with Gasteiger partial charge >= 0.3 is 0 Å². The fourth-order valence-corrected chi connectivity index (χ4v) is 7.90. The van der Waals surface area contributed by atoms with Crippen LogP contribution < -0.4 is 9.80 Å². The molecular formula is C60H52N2. The van der Waals surface area contributed by atoms with Crippen molar-refractivity contribution < 1.29 is 0 Å². The molecule has 8 aromatic rings. The van der Waals surface area contributed by atoms with Crippen molar-refractivity contribution in [2.45, 2.75) is 27.7 Å². The van der Waals surface area contributed by atoms with E-state index in [4.69, 9.17) is 0 Å². The molecule has 0 unspecified atom stereocenters. The first kappa shape index (κ1) is 41.1. The fourth-order valence-electron chi connectivity index (χ4n) is 7.90. The van der Waals surface area contributed by atoms with Crippen molar-refractivity contribution in [3.8, 4) is 11.1 Å². The maximum atomic E-state index is 4.38. The molecular weight excluding hydrogens is 749 g/mol. The second kappa shape index (κ2) is 18.7. The minimum absolute atomic E-state index is 0.974. The molecule has 8 aromatic carbocycles. The molecule has 0 spiro atoms. The van der Waals surface area contributed by atoms with E-state index in [2.05, 4.69) is 269 Å². The molecule has 0 heterocycles. The van der Waals surface area contributed by atoms with Gasteiger partial charge in [-0.05, 0) is 156 Å². The number of rotatable bonds is 13. The third-order valence-corrected chi connectivity index (χ3v) is 11.4. The highest BCUT2D eigenvalue weighted by Gasteiger charge is 2.15. The average molecular weight is 801 g/mol. The number of anilines is 6. The Bertz CT molecular complexity index is 2660. The van der Waals surface area contributed by atoms with Crippen molar-refractivity contribution in [1.82, 2.24) is 0 Å². The van der Waals surface area contributed by atoms with Gasteiger partial charge < -0.3 is 9.80 Å². The van der Waals surface area contributed by atoms with Gasteiger partial charge in [0.05, 0.1) is 0 Å². The molecule has 0 atom stereocenters. The summed E-state index contributed by atoms with van der Waals surface area (Å²) in [4.78, 5) is 4.59. The van der Waals surface area contributed by atoms with Crippen molar-refractivity contribution in [3.05, 3.63) is 264 Å². The molecule has 62 heavy (non-hydrogen) atoms. The van der Waals surface area contributed by atoms with Crippen LogP contribution in [0.25, 0.3) is 34.4 Å². The van der Waals surface area contributed by atoms with E-state index in [-0.39, 0.29) is 0 Å². The van der Waals surface area contributed by atoms with E-state index in [0.29, 0.717) is 0 Å². The van der Waals surface area contributed by atoms with Crippen molar-refractivity contribution >= 4 is 57.4 Å². The molecule has 302 valence electrons. The molecule has 0 fully saturated rings. The van der Waals surface area contributed by atoms with E-state index in [9.17, 15) is 0 Å². The zero-order valence-electron chi connectivity index (χ0n) is 36.1. The third kappa shape index (κ3) is 9.52. The Morgan fingerprint density at radius 1 is 0.355 bits per heavy atom. The number of hydrogen-bond donors (Lipinski definition) is 0. The van der Waals surface area contributed by atoms with Gasteiger partial charge in [0.15, 0.2) is 0 Å². The molecule has 0 aliphatic carbocycles. The van der Waals surface area contributed by atoms with E-state index in [1.807, 2.05) is 0 Å². The van der Waals surface area contributed by atoms with Gasteiger partial charge in [0, 0.05) is 34.1 Å². The van der Waals surface area contributed by atoms with Gasteiger partial charge in [0.25, 0.3) is 0 Å². The SMILES string of the molecule is C=C(C=Cc1ccc(C)cc1C)c1ccc(N(c2ccccc2)c2ccc(-c3ccc(N(c4ccccc4)c4ccc(C(=C)C=Cc5ccc(C)cc5C)cc4)cc3)cc2)cc1. The number of allylic oxidation sites excluding steroid dienone is 4. The number of para-hydroxylation sites is 2. The zero-order chi connectivity index (χ0) is 43.0. The molecule has 0 saturated heterocycles. The van der Waals surface area contributed by atoms with Gasteiger partial charge in [-0.15, -0.1) is 0 Å². The van der Waals surface area contributed by atoms with Crippen LogP contribution in [0.3, 0.4) is 0 Å². The summed E-state index contributed by atoms with van der Waals surface area (Å²) in [6.07, 6.45) is 8.52. The summed E-state index contributed by atoms with van der Waals surface area (Å²) in [7, 11) is 0. The molecule has 0 saturated carbocycles. The highest BCUT2D eigenvalue weighted by Crippen LogP contribution is 2.39. The maximum absolute atomic E-state index is 4.38. The molecule has 0 aromatic heterocycles. The minimum Gasteiger partial charge on any atom is -0.311 e. The van der Waals surface area contributed by atoms with Crippen LogP contribution in [0, 0.1) is 27.7 Å². The predicted molar refractivity (Wildman–Crippen MR) is 269 cm³/mol. The average Bonchev–Trinajstić information content (AvgIpc) is 3.30. The van der Waals surface area contributed by atoms with Gasteiger partial charge in [0.2, 0.25) is 0 Å². The zero-order valence-corrected chi connectivity index (χ0v) is 36.1. The lowest BCUT2D eigenvalue weighted by Gasteiger charge is -2.26. The summed E-state index contributed by atoms with van der Waals surface area (Å²) in [5.41, 5.74) is 20.4. The van der Waals surface area contributed by atoms with Crippen molar-refractivity contribution in [1.29, 1.82) is 0 Å². The summed E-state index contributed by atoms with van der Waals surface area (Å²) in [6, 6.07) is 69.1. The molecule has 0 amide bonds. The first-order valence-corrected chi connectivity index (χ1v) is 21.2. The lowest BCUT2D eigenvalue weighted by Crippen LogP contribution is -2.10. The fraction of sp³-hybridized carbons (Fsp3) is 0.0667. The number of aryl methyl sites for hydroxylation is 4. The van der Waals surface area contributed by atoms with Crippen LogP contribution in [-0.2, 0) is 0 Å². The lowest BCUT2D eigenvalue weighted by molar-refractivity contribution is 1.28.